The van der Waals surface area contributed by atoms with Gasteiger partial charge in [0, 0.05) is 25.7 Å². The van der Waals surface area contributed by atoms with Gasteiger partial charge < -0.3 is 19.6 Å². The summed E-state index contributed by atoms with van der Waals surface area (Å²) in [5.74, 6) is 1.54. The van der Waals surface area contributed by atoms with E-state index in [0.717, 1.165) is 39.1 Å². The summed E-state index contributed by atoms with van der Waals surface area (Å²) in [6.45, 7) is 8.49. The van der Waals surface area contributed by atoms with Crippen molar-refractivity contribution >= 4 is 29.4 Å². The van der Waals surface area contributed by atoms with Crippen molar-refractivity contribution in [3.8, 4) is 0 Å². The molecule has 0 bridgehead atoms. The molecule has 1 N–H and O–H groups in total. The first-order valence-electron chi connectivity index (χ1n) is 7.89. The Labute approximate surface area is 140 Å². The van der Waals surface area contributed by atoms with Crippen LogP contribution >= 0.6 is 11.8 Å². The van der Waals surface area contributed by atoms with E-state index in [1.54, 1.807) is 13.0 Å². The summed E-state index contributed by atoms with van der Waals surface area (Å²) in [7, 11) is 0. The van der Waals surface area contributed by atoms with E-state index < -0.39 is 0 Å². The topological polar surface area (TPSA) is 78.7 Å². The fraction of sp³-hybridized carbons (Fsp3) is 0.667. The van der Waals surface area contributed by atoms with Gasteiger partial charge in [-0.1, -0.05) is 12.1 Å². The van der Waals surface area contributed by atoms with Gasteiger partial charge in [-0.25, -0.2) is 0 Å². The van der Waals surface area contributed by atoms with Crippen LogP contribution in [-0.4, -0.2) is 71.0 Å². The minimum absolute atomic E-state index is 0.109. The first kappa shape index (κ1) is 17.8. The minimum Gasteiger partial charge on any atom is -0.360 e. The largest absolute Gasteiger partial charge is 0.360 e. The molecule has 1 fully saturated rings. The molecular formula is C15H24N4O3S. The van der Waals surface area contributed by atoms with Crippen molar-refractivity contribution in [1.82, 2.24) is 15.0 Å². The first-order chi connectivity index (χ1) is 11.1. The molecule has 0 unspecified atom stereocenters. The lowest BCUT2D eigenvalue weighted by atomic mass is 10.4. The smallest absolute Gasteiger partial charge is 0.235 e. The van der Waals surface area contributed by atoms with Gasteiger partial charge in [0.25, 0.3) is 0 Å². The van der Waals surface area contributed by atoms with E-state index in [1.807, 2.05) is 4.90 Å². The lowest BCUT2D eigenvalue weighted by Crippen LogP contribution is -2.36. The SMILES string of the molecule is CCN1CCCN(C(=O)CSCC(=O)Nc2cc(C)on2)CC1. The van der Waals surface area contributed by atoms with E-state index in [9.17, 15) is 9.59 Å². The van der Waals surface area contributed by atoms with Crippen LogP contribution in [-0.2, 0) is 9.59 Å². The molecule has 0 radical (unpaired) electrons. The number of aromatic nitrogens is 1. The molecule has 0 atom stereocenters. The Kier molecular flexibility index (Phi) is 6.91. The molecule has 0 saturated carbocycles. The van der Waals surface area contributed by atoms with Gasteiger partial charge in [0.05, 0.1) is 11.5 Å². The standard InChI is InChI=1S/C15H24N4O3S/c1-3-18-5-4-6-19(8-7-18)15(21)11-23-10-14(20)16-13-9-12(2)22-17-13/h9H,3-8,10-11H2,1-2H3,(H,16,17,20). The molecule has 2 heterocycles. The van der Waals surface area contributed by atoms with E-state index >= 15 is 0 Å². The highest BCUT2D eigenvalue weighted by atomic mass is 32.2. The predicted molar refractivity (Wildman–Crippen MR) is 90.5 cm³/mol. The van der Waals surface area contributed by atoms with Gasteiger partial charge >= 0.3 is 0 Å². The number of aryl methyl sites for hydroxylation is 1. The number of anilines is 1. The van der Waals surface area contributed by atoms with Crippen LogP contribution in [0.4, 0.5) is 5.82 Å². The number of nitrogens with one attached hydrogen (secondary N) is 1. The van der Waals surface area contributed by atoms with Crippen LogP contribution in [0.5, 0.6) is 0 Å². The van der Waals surface area contributed by atoms with Crippen LogP contribution in [0.2, 0.25) is 0 Å². The number of amides is 2. The molecule has 7 nitrogen and oxygen atoms in total. The van der Waals surface area contributed by atoms with Crippen LogP contribution in [0.15, 0.2) is 10.6 Å². The van der Waals surface area contributed by atoms with Gasteiger partial charge in [-0.2, -0.15) is 0 Å². The van der Waals surface area contributed by atoms with Crippen molar-refractivity contribution in [2.24, 2.45) is 0 Å². The normalized spacial score (nSPS) is 16.2. The minimum atomic E-state index is -0.177. The highest BCUT2D eigenvalue weighted by Crippen LogP contribution is 2.10. The van der Waals surface area contributed by atoms with E-state index in [4.69, 9.17) is 4.52 Å². The number of nitrogens with zero attached hydrogens (tertiary/aromatic N) is 3. The molecule has 128 valence electrons. The molecule has 1 aliphatic heterocycles. The Hall–Kier alpha value is -1.54. The molecule has 0 spiro atoms. The molecule has 0 aromatic carbocycles. The van der Waals surface area contributed by atoms with Gasteiger partial charge in [0.2, 0.25) is 11.8 Å². The third-order valence-electron chi connectivity index (χ3n) is 3.74. The average molecular weight is 340 g/mol. The lowest BCUT2D eigenvalue weighted by molar-refractivity contribution is -0.128. The molecular weight excluding hydrogens is 316 g/mol. The van der Waals surface area contributed by atoms with E-state index in [-0.39, 0.29) is 17.6 Å². The van der Waals surface area contributed by atoms with Crippen molar-refractivity contribution in [3.05, 3.63) is 11.8 Å². The number of hydrogen-bond donors (Lipinski definition) is 1. The lowest BCUT2D eigenvalue weighted by Gasteiger charge is -2.21. The molecule has 2 rings (SSSR count). The maximum atomic E-state index is 12.2. The van der Waals surface area contributed by atoms with Gasteiger partial charge in [0.1, 0.15) is 5.76 Å². The predicted octanol–water partition coefficient (Wildman–Crippen LogP) is 1.21. The second-order valence-electron chi connectivity index (χ2n) is 5.53. The van der Waals surface area contributed by atoms with Crippen molar-refractivity contribution in [3.63, 3.8) is 0 Å². The highest BCUT2D eigenvalue weighted by molar-refractivity contribution is 8.00. The first-order valence-corrected chi connectivity index (χ1v) is 9.05. The van der Waals surface area contributed by atoms with Gasteiger partial charge in [-0.15, -0.1) is 11.8 Å². The molecule has 1 saturated heterocycles. The summed E-state index contributed by atoms with van der Waals surface area (Å²) in [6, 6.07) is 1.66. The van der Waals surface area contributed by atoms with E-state index in [0.29, 0.717) is 17.3 Å². The molecule has 2 amide bonds. The number of carbonyl (C=O) groups excluding carboxylic acids is 2. The Morgan fingerprint density at radius 3 is 2.83 bits per heavy atom. The second kappa shape index (κ2) is 8.93. The fourth-order valence-electron chi connectivity index (χ4n) is 2.46. The molecule has 1 aromatic rings. The molecule has 0 aliphatic carbocycles. The van der Waals surface area contributed by atoms with E-state index in [1.165, 1.54) is 11.8 Å². The van der Waals surface area contributed by atoms with E-state index in [2.05, 4.69) is 22.3 Å². The number of rotatable bonds is 6. The zero-order valence-corrected chi connectivity index (χ0v) is 14.5. The molecule has 23 heavy (non-hydrogen) atoms. The summed E-state index contributed by atoms with van der Waals surface area (Å²) < 4.78 is 4.88. The summed E-state index contributed by atoms with van der Waals surface area (Å²) >= 11 is 1.33. The van der Waals surface area contributed by atoms with Crippen LogP contribution in [0, 0.1) is 6.92 Å². The van der Waals surface area contributed by atoms with Crippen LogP contribution < -0.4 is 5.32 Å². The van der Waals surface area contributed by atoms with Crippen LogP contribution in [0.1, 0.15) is 19.1 Å². The third-order valence-corrected chi connectivity index (χ3v) is 4.66. The number of hydrogen-bond acceptors (Lipinski definition) is 6. The highest BCUT2D eigenvalue weighted by Gasteiger charge is 2.18. The Morgan fingerprint density at radius 1 is 1.30 bits per heavy atom. The number of carbonyl (C=O) groups is 2. The van der Waals surface area contributed by atoms with Crippen molar-refractivity contribution in [2.45, 2.75) is 20.3 Å². The number of thioether (sulfide) groups is 1. The van der Waals surface area contributed by atoms with Crippen molar-refractivity contribution in [2.75, 3.05) is 49.5 Å². The Morgan fingerprint density at radius 2 is 2.13 bits per heavy atom. The summed E-state index contributed by atoms with van der Waals surface area (Å²) in [5.41, 5.74) is 0. The van der Waals surface area contributed by atoms with Crippen LogP contribution in [0.25, 0.3) is 0 Å². The zero-order chi connectivity index (χ0) is 16.7. The van der Waals surface area contributed by atoms with Crippen LogP contribution in [0.3, 0.4) is 0 Å². The fourth-order valence-corrected chi connectivity index (χ4v) is 3.18. The van der Waals surface area contributed by atoms with Gasteiger partial charge in [-0.05, 0) is 26.4 Å². The Balaban J connectivity index is 1.67. The summed E-state index contributed by atoms with van der Waals surface area (Å²) in [5, 5.41) is 6.35. The van der Waals surface area contributed by atoms with Gasteiger partial charge in [0.15, 0.2) is 5.82 Å². The maximum Gasteiger partial charge on any atom is 0.235 e. The second-order valence-corrected chi connectivity index (χ2v) is 6.52. The zero-order valence-electron chi connectivity index (χ0n) is 13.7. The third kappa shape index (κ3) is 5.87. The quantitative estimate of drug-likeness (QED) is 0.839. The maximum absolute atomic E-state index is 12.2. The summed E-state index contributed by atoms with van der Waals surface area (Å²) in [4.78, 5) is 28.2. The van der Waals surface area contributed by atoms with Crippen molar-refractivity contribution < 1.29 is 14.1 Å². The molecule has 1 aliphatic rings. The molecule has 8 heteroatoms. The molecule has 1 aromatic heterocycles. The average Bonchev–Trinajstić information content (AvgIpc) is 2.79. The van der Waals surface area contributed by atoms with Gasteiger partial charge in [-0.3, -0.25) is 9.59 Å². The Bertz CT molecular complexity index is 535. The van der Waals surface area contributed by atoms with Crippen molar-refractivity contribution in [1.29, 1.82) is 0 Å². The number of likely N-dealkylation sites (N-methyl/N-ethyl adjacent to an activating group) is 1. The summed E-state index contributed by atoms with van der Waals surface area (Å²) in [6.07, 6.45) is 1.01. The monoisotopic (exact) mass is 340 g/mol.